The molecule has 0 bridgehead atoms. The van der Waals surface area contributed by atoms with E-state index in [0.29, 0.717) is 16.9 Å². The quantitative estimate of drug-likeness (QED) is 0.755. The van der Waals surface area contributed by atoms with Crippen molar-refractivity contribution in [3.63, 3.8) is 0 Å². The molecule has 2 N–H and O–H groups in total. The minimum Gasteiger partial charge on any atom is -0.478 e. The Morgan fingerprint density at radius 2 is 1.60 bits per heavy atom. The highest BCUT2D eigenvalue weighted by atomic mass is 32.1. The van der Waals surface area contributed by atoms with Gasteiger partial charge in [0.2, 0.25) is 0 Å². The first kappa shape index (κ1) is 14.1. The van der Waals surface area contributed by atoms with Gasteiger partial charge in [0.05, 0.1) is 11.1 Å². The molecule has 2 rings (SSSR count). The van der Waals surface area contributed by atoms with Crippen LogP contribution < -0.4 is 0 Å². The van der Waals surface area contributed by atoms with Crippen LogP contribution in [0.2, 0.25) is 0 Å². The Morgan fingerprint density at radius 1 is 0.950 bits per heavy atom. The second-order valence-electron chi connectivity index (χ2n) is 4.23. The SMILES string of the molecule is O=C(O)c1ccc(-c2ccc(CS)cc2C(=O)O)cc1. The minimum absolute atomic E-state index is 0.164. The molecule has 0 aliphatic rings. The monoisotopic (exact) mass is 288 g/mol. The minimum atomic E-state index is -1.02. The van der Waals surface area contributed by atoms with Crippen molar-refractivity contribution in [1.29, 1.82) is 0 Å². The van der Waals surface area contributed by atoms with Gasteiger partial charge in [-0.2, -0.15) is 12.6 Å². The summed E-state index contributed by atoms with van der Waals surface area (Å²) in [6, 6.07) is 11.2. The van der Waals surface area contributed by atoms with Gasteiger partial charge in [-0.25, -0.2) is 9.59 Å². The van der Waals surface area contributed by atoms with Gasteiger partial charge in [-0.15, -0.1) is 0 Å². The van der Waals surface area contributed by atoms with E-state index in [0.717, 1.165) is 5.56 Å². The summed E-state index contributed by atoms with van der Waals surface area (Å²) < 4.78 is 0. The van der Waals surface area contributed by atoms with Crippen LogP contribution in [0.5, 0.6) is 0 Å². The van der Waals surface area contributed by atoms with Crippen LogP contribution in [0.15, 0.2) is 42.5 Å². The highest BCUT2D eigenvalue weighted by Crippen LogP contribution is 2.26. The van der Waals surface area contributed by atoms with E-state index in [-0.39, 0.29) is 11.1 Å². The molecule has 0 aliphatic heterocycles. The van der Waals surface area contributed by atoms with Crippen LogP contribution in [-0.2, 0) is 5.75 Å². The maximum Gasteiger partial charge on any atom is 0.336 e. The van der Waals surface area contributed by atoms with E-state index in [1.54, 1.807) is 30.3 Å². The molecule has 0 unspecified atom stereocenters. The summed E-state index contributed by atoms with van der Waals surface area (Å²) in [4.78, 5) is 22.1. The number of hydrogen-bond acceptors (Lipinski definition) is 3. The molecular formula is C15H12O4S. The Balaban J connectivity index is 2.51. The number of benzene rings is 2. The number of thiol groups is 1. The van der Waals surface area contributed by atoms with Crippen molar-refractivity contribution in [2.24, 2.45) is 0 Å². The number of carbonyl (C=O) groups is 2. The lowest BCUT2D eigenvalue weighted by Gasteiger charge is -2.08. The normalized spacial score (nSPS) is 10.2. The number of carboxylic acids is 2. The van der Waals surface area contributed by atoms with Crippen LogP contribution in [-0.4, -0.2) is 22.2 Å². The fraction of sp³-hybridized carbons (Fsp3) is 0.0667. The average Bonchev–Trinajstić information content (AvgIpc) is 2.46. The summed E-state index contributed by atoms with van der Waals surface area (Å²) >= 11 is 4.13. The molecule has 0 fully saturated rings. The van der Waals surface area contributed by atoms with Gasteiger partial charge in [0.15, 0.2) is 0 Å². The third-order valence-corrected chi connectivity index (χ3v) is 3.30. The second-order valence-corrected chi connectivity index (χ2v) is 4.54. The number of hydrogen-bond donors (Lipinski definition) is 3. The van der Waals surface area contributed by atoms with Crippen LogP contribution in [0.1, 0.15) is 26.3 Å². The van der Waals surface area contributed by atoms with Gasteiger partial charge in [0, 0.05) is 5.75 Å². The van der Waals surface area contributed by atoms with Crippen molar-refractivity contribution in [3.05, 3.63) is 59.2 Å². The summed E-state index contributed by atoms with van der Waals surface area (Å²) in [6.45, 7) is 0. The van der Waals surface area contributed by atoms with E-state index < -0.39 is 11.9 Å². The van der Waals surface area contributed by atoms with Crippen LogP contribution in [0, 0.1) is 0 Å². The van der Waals surface area contributed by atoms with Crippen LogP contribution in [0.3, 0.4) is 0 Å². The van der Waals surface area contributed by atoms with Gasteiger partial charge in [-0.3, -0.25) is 0 Å². The second kappa shape index (κ2) is 5.79. The number of aromatic carboxylic acids is 2. The predicted octanol–water partition coefficient (Wildman–Crippen LogP) is 3.18. The molecule has 0 saturated heterocycles. The van der Waals surface area contributed by atoms with E-state index in [2.05, 4.69) is 12.6 Å². The van der Waals surface area contributed by atoms with Crippen molar-refractivity contribution < 1.29 is 19.8 Å². The van der Waals surface area contributed by atoms with Crippen LogP contribution in [0.25, 0.3) is 11.1 Å². The highest BCUT2D eigenvalue weighted by Gasteiger charge is 2.13. The zero-order valence-electron chi connectivity index (χ0n) is 10.4. The van der Waals surface area contributed by atoms with Crippen LogP contribution >= 0.6 is 12.6 Å². The lowest BCUT2D eigenvalue weighted by atomic mass is 9.97. The van der Waals surface area contributed by atoms with Gasteiger partial charge in [0.25, 0.3) is 0 Å². The van der Waals surface area contributed by atoms with E-state index >= 15 is 0 Å². The Hall–Kier alpha value is -2.27. The summed E-state index contributed by atoms with van der Waals surface area (Å²) in [7, 11) is 0. The maximum absolute atomic E-state index is 11.3. The molecule has 0 atom stereocenters. The molecule has 4 nitrogen and oxygen atoms in total. The molecule has 0 radical (unpaired) electrons. The van der Waals surface area contributed by atoms with Crippen molar-refractivity contribution in [2.75, 3.05) is 0 Å². The Labute approximate surface area is 121 Å². The standard InChI is InChI=1S/C15H12O4S/c16-14(17)11-4-2-10(3-5-11)12-6-1-9(8-20)7-13(12)15(18)19/h1-7,20H,8H2,(H,16,17)(H,18,19). The van der Waals surface area contributed by atoms with Crippen molar-refractivity contribution in [1.82, 2.24) is 0 Å². The van der Waals surface area contributed by atoms with Crippen LogP contribution in [0.4, 0.5) is 0 Å². The van der Waals surface area contributed by atoms with Crippen molar-refractivity contribution in [2.45, 2.75) is 5.75 Å². The number of carboxylic acid groups (broad SMARTS) is 2. The Kier molecular flexibility index (Phi) is 4.10. The third-order valence-electron chi connectivity index (χ3n) is 2.94. The smallest absolute Gasteiger partial charge is 0.336 e. The summed E-state index contributed by atoms with van der Waals surface area (Å²) in [5.41, 5.74) is 2.38. The molecule has 0 saturated carbocycles. The maximum atomic E-state index is 11.3. The fourth-order valence-electron chi connectivity index (χ4n) is 1.91. The van der Waals surface area contributed by atoms with Gasteiger partial charge in [-0.05, 0) is 34.9 Å². The summed E-state index contributed by atoms with van der Waals surface area (Å²) in [5, 5.41) is 18.1. The highest BCUT2D eigenvalue weighted by molar-refractivity contribution is 7.79. The van der Waals surface area contributed by atoms with E-state index in [4.69, 9.17) is 5.11 Å². The molecule has 102 valence electrons. The summed E-state index contributed by atoms with van der Waals surface area (Å²) in [6.07, 6.45) is 0. The molecule has 0 spiro atoms. The largest absolute Gasteiger partial charge is 0.478 e. The zero-order valence-corrected chi connectivity index (χ0v) is 11.3. The molecule has 2 aromatic carbocycles. The molecule has 2 aromatic rings. The van der Waals surface area contributed by atoms with E-state index in [9.17, 15) is 14.7 Å². The average molecular weight is 288 g/mol. The van der Waals surface area contributed by atoms with E-state index in [1.165, 1.54) is 12.1 Å². The lowest BCUT2D eigenvalue weighted by molar-refractivity contribution is 0.0686. The fourth-order valence-corrected chi connectivity index (χ4v) is 2.11. The molecule has 5 heteroatoms. The molecular weight excluding hydrogens is 276 g/mol. The first-order chi connectivity index (χ1) is 9.52. The topological polar surface area (TPSA) is 74.6 Å². The summed E-state index contributed by atoms with van der Waals surface area (Å²) in [5.74, 6) is -1.58. The third kappa shape index (κ3) is 2.83. The van der Waals surface area contributed by atoms with Gasteiger partial charge in [0.1, 0.15) is 0 Å². The van der Waals surface area contributed by atoms with Gasteiger partial charge < -0.3 is 10.2 Å². The molecule has 0 aliphatic carbocycles. The van der Waals surface area contributed by atoms with Crippen molar-refractivity contribution in [3.8, 4) is 11.1 Å². The molecule has 0 aromatic heterocycles. The first-order valence-electron chi connectivity index (χ1n) is 5.83. The van der Waals surface area contributed by atoms with E-state index in [1.807, 2.05) is 0 Å². The van der Waals surface area contributed by atoms with Gasteiger partial charge >= 0.3 is 11.9 Å². The van der Waals surface area contributed by atoms with Crippen molar-refractivity contribution >= 4 is 24.6 Å². The number of rotatable bonds is 4. The van der Waals surface area contributed by atoms with Gasteiger partial charge in [-0.1, -0.05) is 24.3 Å². The predicted molar refractivity (Wildman–Crippen MR) is 78.5 cm³/mol. The Morgan fingerprint density at radius 3 is 2.10 bits per heavy atom. The molecule has 0 amide bonds. The molecule has 20 heavy (non-hydrogen) atoms. The molecule has 0 heterocycles. The first-order valence-corrected chi connectivity index (χ1v) is 6.47. The lowest BCUT2D eigenvalue weighted by Crippen LogP contribution is -2.01. The zero-order chi connectivity index (χ0) is 14.7. The Bertz CT molecular complexity index is 662.